The summed E-state index contributed by atoms with van der Waals surface area (Å²) in [6, 6.07) is 11.7. The molecule has 3 aromatic rings. The highest BCUT2D eigenvalue weighted by Crippen LogP contribution is 2.37. The van der Waals surface area contributed by atoms with Crippen molar-refractivity contribution in [2.24, 2.45) is 0 Å². The Kier molecular flexibility index (Phi) is 3.89. The number of aromatic nitrogens is 2. The van der Waals surface area contributed by atoms with Gasteiger partial charge < -0.3 is 4.57 Å². The monoisotopic (exact) mass is 319 g/mol. The number of nitrogens with zero attached hydrogens (tertiary/aromatic N) is 3. The van der Waals surface area contributed by atoms with E-state index in [9.17, 15) is 0 Å². The molecule has 0 fully saturated rings. The third-order valence-electron chi connectivity index (χ3n) is 5.52. The van der Waals surface area contributed by atoms with Crippen LogP contribution in [0.25, 0.3) is 10.9 Å². The minimum Gasteiger partial charge on any atom is -0.344 e. The summed E-state index contributed by atoms with van der Waals surface area (Å²) in [7, 11) is 2.24. The Morgan fingerprint density at radius 1 is 1.17 bits per heavy atom. The fraction of sp³-hybridized carbons (Fsp3) is 0.381. The highest BCUT2D eigenvalue weighted by Gasteiger charge is 2.27. The molecule has 1 aliphatic heterocycles. The van der Waals surface area contributed by atoms with Crippen molar-refractivity contribution in [1.29, 1.82) is 0 Å². The fourth-order valence-electron chi connectivity index (χ4n) is 4.03. The second-order valence-corrected chi connectivity index (χ2v) is 7.04. The van der Waals surface area contributed by atoms with E-state index >= 15 is 0 Å². The molecular weight excluding hydrogens is 294 g/mol. The lowest BCUT2D eigenvalue weighted by Crippen LogP contribution is -2.31. The van der Waals surface area contributed by atoms with E-state index in [-0.39, 0.29) is 0 Å². The van der Waals surface area contributed by atoms with Crippen LogP contribution in [-0.4, -0.2) is 28.0 Å². The van der Waals surface area contributed by atoms with Crippen LogP contribution in [0.4, 0.5) is 0 Å². The molecule has 2 aromatic heterocycles. The number of benzene rings is 1. The Morgan fingerprint density at radius 2 is 1.96 bits per heavy atom. The smallest absolute Gasteiger partial charge is 0.0486 e. The molecule has 3 heterocycles. The molecule has 0 radical (unpaired) electrons. The van der Waals surface area contributed by atoms with Crippen molar-refractivity contribution in [2.75, 3.05) is 13.6 Å². The van der Waals surface area contributed by atoms with Crippen molar-refractivity contribution in [2.45, 2.75) is 39.3 Å². The maximum atomic E-state index is 4.13. The van der Waals surface area contributed by atoms with E-state index in [2.05, 4.69) is 65.7 Å². The zero-order valence-electron chi connectivity index (χ0n) is 14.8. The highest BCUT2D eigenvalue weighted by atomic mass is 15.1. The Hall–Kier alpha value is -2.13. The van der Waals surface area contributed by atoms with Gasteiger partial charge in [0.25, 0.3) is 0 Å². The molecule has 24 heavy (non-hydrogen) atoms. The molecule has 3 heteroatoms. The number of fused-ring (bicyclic) bond motifs is 3. The van der Waals surface area contributed by atoms with Crippen LogP contribution in [0.1, 0.15) is 35.3 Å². The van der Waals surface area contributed by atoms with Crippen molar-refractivity contribution >= 4 is 10.9 Å². The van der Waals surface area contributed by atoms with Crippen LogP contribution in [0.15, 0.2) is 42.7 Å². The summed E-state index contributed by atoms with van der Waals surface area (Å²) >= 11 is 0. The maximum absolute atomic E-state index is 4.13. The van der Waals surface area contributed by atoms with Gasteiger partial charge in [0.05, 0.1) is 0 Å². The summed E-state index contributed by atoms with van der Waals surface area (Å²) in [5.74, 6) is 0. The molecule has 1 unspecified atom stereocenters. The number of pyridine rings is 1. The Bertz CT molecular complexity index is 864. The van der Waals surface area contributed by atoms with E-state index in [4.69, 9.17) is 0 Å². The van der Waals surface area contributed by atoms with E-state index in [1.165, 1.54) is 33.3 Å². The third-order valence-corrected chi connectivity index (χ3v) is 5.52. The summed E-state index contributed by atoms with van der Waals surface area (Å²) in [6.45, 7) is 6.71. The molecule has 1 aromatic carbocycles. The van der Waals surface area contributed by atoms with Gasteiger partial charge in [-0.05, 0) is 62.7 Å². The lowest BCUT2D eigenvalue weighted by Gasteiger charge is -2.31. The number of likely N-dealkylation sites (N-methyl/N-ethyl adjacent to an activating group) is 1. The second kappa shape index (κ2) is 6.06. The second-order valence-electron chi connectivity index (χ2n) is 7.04. The van der Waals surface area contributed by atoms with Gasteiger partial charge in [-0.2, -0.15) is 0 Å². The molecule has 0 spiro atoms. The Morgan fingerprint density at radius 3 is 2.75 bits per heavy atom. The first-order chi connectivity index (χ1) is 11.6. The van der Waals surface area contributed by atoms with Crippen LogP contribution in [0.5, 0.6) is 0 Å². The summed E-state index contributed by atoms with van der Waals surface area (Å²) in [5, 5.41) is 1.44. The van der Waals surface area contributed by atoms with Crippen LogP contribution in [-0.2, 0) is 19.4 Å². The summed E-state index contributed by atoms with van der Waals surface area (Å²) in [4.78, 5) is 6.60. The topological polar surface area (TPSA) is 21.1 Å². The molecule has 0 bridgehead atoms. The summed E-state index contributed by atoms with van der Waals surface area (Å²) in [6.07, 6.45) is 5.97. The molecule has 0 saturated heterocycles. The lowest BCUT2D eigenvalue weighted by atomic mass is 9.97. The number of hydrogen-bond acceptors (Lipinski definition) is 2. The van der Waals surface area contributed by atoms with Gasteiger partial charge in [0, 0.05) is 54.5 Å². The zero-order chi connectivity index (χ0) is 16.7. The standard InChI is InChI=1S/C21H25N3/c1-15-4-5-19-18(14-15)21-16(2)23(3)12-9-20(21)24(19)13-8-17-6-10-22-11-7-17/h4-7,10-11,14,16H,8-9,12-13H2,1-3H3. The minimum absolute atomic E-state index is 0.486. The molecule has 1 atom stereocenters. The van der Waals surface area contributed by atoms with E-state index in [1.807, 2.05) is 12.4 Å². The molecule has 0 amide bonds. The first-order valence-corrected chi connectivity index (χ1v) is 8.86. The van der Waals surface area contributed by atoms with E-state index in [0.717, 1.165) is 25.9 Å². The van der Waals surface area contributed by atoms with Gasteiger partial charge in [0.1, 0.15) is 0 Å². The van der Waals surface area contributed by atoms with E-state index in [0.29, 0.717) is 6.04 Å². The molecule has 124 valence electrons. The number of aryl methyl sites for hydroxylation is 3. The van der Waals surface area contributed by atoms with Gasteiger partial charge in [-0.15, -0.1) is 0 Å². The average Bonchev–Trinajstić information content (AvgIpc) is 2.90. The molecular formula is C21H25N3. The van der Waals surface area contributed by atoms with Gasteiger partial charge in [0.2, 0.25) is 0 Å². The van der Waals surface area contributed by atoms with Crippen molar-refractivity contribution in [3.05, 3.63) is 65.1 Å². The predicted molar refractivity (Wildman–Crippen MR) is 99.4 cm³/mol. The van der Waals surface area contributed by atoms with Crippen molar-refractivity contribution in [3.8, 4) is 0 Å². The fourth-order valence-corrected chi connectivity index (χ4v) is 4.03. The van der Waals surface area contributed by atoms with Crippen LogP contribution in [0.2, 0.25) is 0 Å². The molecule has 4 rings (SSSR count). The van der Waals surface area contributed by atoms with Crippen LogP contribution in [0.3, 0.4) is 0 Å². The van der Waals surface area contributed by atoms with Gasteiger partial charge in [-0.3, -0.25) is 9.88 Å². The van der Waals surface area contributed by atoms with Crippen LogP contribution < -0.4 is 0 Å². The molecule has 1 aliphatic rings. The van der Waals surface area contributed by atoms with Crippen molar-refractivity contribution < 1.29 is 0 Å². The maximum Gasteiger partial charge on any atom is 0.0486 e. The summed E-state index contributed by atoms with van der Waals surface area (Å²) < 4.78 is 2.56. The Labute approximate surface area is 143 Å². The van der Waals surface area contributed by atoms with Gasteiger partial charge >= 0.3 is 0 Å². The summed E-state index contributed by atoms with van der Waals surface area (Å²) in [5.41, 5.74) is 7.17. The molecule has 0 aliphatic carbocycles. The Balaban J connectivity index is 1.80. The van der Waals surface area contributed by atoms with Gasteiger partial charge in [-0.25, -0.2) is 0 Å². The van der Waals surface area contributed by atoms with E-state index < -0.39 is 0 Å². The van der Waals surface area contributed by atoms with Crippen LogP contribution in [0, 0.1) is 6.92 Å². The SMILES string of the molecule is Cc1ccc2c(c1)c1c(n2CCc2ccncc2)CCN(C)C1C. The first kappa shape index (κ1) is 15.4. The zero-order valence-corrected chi connectivity index (χ0v) is 14.8. The van der Waals surface area contributed by atoms with Crippen molar-refractivity contribution in [1.82, 2.24) is 14.5 Å². The minimum atomic E-state index is 0.486. The van der Waals surface area contributed by atoms with Crippen molar-refractivity contribution in [3.63, 3.8) is 0 Å². The lowest BCUT2D eigenvalue weighted by molar-refractivity contribution is 0.245. The molecule has 0 N–H and O–H groups in total. The van der Waals surface area contributed by atoms with Crippen LogP contribution >= 0.6 is 0 Å². The quantitative estimate of drug-likeness (QED) is 0.723. The van der Waals surface area contributed by atoms with Gasteiger partial charge in [-0.1, -0.05) is 11.6 Å². The largest absolute Gasteiger partial charge is 0.344 e. The highest BCUT2D eigenvalue weighted by molar-refractivity contribution is 5.87. The number of hydrogen-bond donors (Lipinski definition) is 0. The molecule has 0 saturated carbocycles. The average molecular weight is 319 g/mol. The molecule has 3 nitrogen and oxygen atoms in total. The third kappa shape index (κ3) is 2.53. The predicted octanol–water partition coefficient (Wildman–Crippen LogP) is 4.14. The number of rotatable bonds is 3. The van der Waals surface area contributed by atoms with Gasteiger partial charge in [0.15, 0.2) is 0 Å². The van der Waals surface area contributed by atoms with E-state index in [1.54, 1.807) is 0 Å². The first-order valence-electron chi connectivity index (χ1n) is 8.86. The normalized spacial score (nSPS) is 18.0.